The van der Waals surface area contributed by atoms with Gasteiger partial charge in [0.25, 0.3) is 5.91 Å². The number of carbonyl (C=O) groups excluding carboxylic acids is 1. The molecule has 1 N–H and O–H groups in total. The van der Waals surface area contributed by atoms with Gasteiger partial charge in [-0.2, -0.15) is 23.5 Å². The summed E-state index contributed by atoms with van der Waals surface area (Å²) in [5.41, 5.74) is -0.597. The Morgan fingerprint density at radius 3 is 2.52 bits per heavy atom. The van der Waals surface area contributed by atoms with Crippen LogP contribution in [0, 0.1) is 23.0 Å². The highest BCUT2D eigenvalue weighted by molar-refractivity contribution is 5.93. The standard InChI is InChI=1S/C30H24F5N7O2/c1-17(4-3-9-37-2)26-15-25(39-42(26)20-5-6-21(23(32)13-20)30(33,34)35)28(43)40-10-7-19(8-11-40)41-27-14-22(31)18(16-36)12-24(27)38-29(41)44/h3-6,9,12-15,19H,2,7-8,10-11H2,1H3,(H,38,44)/b9-3-,17-4+. The first-order valence-corrected chi connectivity index (χ1v) is 13.3. The molecule has 0 radical (unpaired) electrons. The van der Waals surface area contributed by atoms with E-state index in [-0.39, 0.29) is 36.1 Å². The van der Waals surface area contributed by atoms with Gasteiger partial charge in [-0.3, -0.25) is 14.4 Å². The quantitative estimate of drug-likeness (QED) is 0.170. The number of H-pyrrole nitrogens is 1. The largest absolute Gasteiger partial charge is 0.419 e. The first kappa shape index (κ1) is 30.1. The number of fused-ring (bicyclic) bond motifs is 1. The van der Waals surface area contributed by atoms with Gasteiger partial charge in [-0.1, -0.05) is 6.08 Å². The summed E-state index contributed by atoms with van der Waals surface area (Å²) in [5, 5.41) is 13.4. The molecule has 2 aromatic heterocycles. The average Bonchev–Trinajstić information content (AvgIpc) is 3.57. The normalized spacial score (nSPS) is 14.8. The van der Waals surface area contributed by atoms with Crippen molar-refractivity contribution >= 4 is 29.2 Å². The monoisotopic (exact) mass is 609 g/mol. The number of allylic oxidation sites excluding steroid dienone is 3. The number of nitrogens with zero attached hydrogens (tertiary/aromatic N) is 6. The molecule has 3 heterocycles. The average molecular weight is 610 g/mol. The van der Waals surface area contributed by atoms with Gasteiger partial charge in [0, 0.05) is 37.5 Å². The van der Waals surface area contributed by atoms with Gasteiger partial charge in [-0.25, -0.2) is 18.3 Å². The van der Waals surface area contributed by atoms with Gasteiger partial charge in [0.05, 0.1) is 33.5 Å². The lowest BCUT2D eigenvalue weighted by Gasteiger charge is -2.32. The summed E-state index contributed by atoms with van der Waals surface area (Å²) >= 11 is 0. The molecule has 0 saturated carbocycles. The van der Waals surface area contributed by atoms with E-state index in [2.05, 4.69) is 21.8 Å². The summed E-state index contributed by atoms with van der Waals surface area (Å²) in [5.74, 6) is -2.71. The maximum absolute atomic E-state index is 14.5. The lowest BCUT2D eigenvalue weighted by molar-refractivity contribution is -0.140. The number of amides is 1. The van der Waals surface area contributed by atoms with Gasteiger partial charge in [0.15, 0.2) is 5.69 Å². The van der Waals surface area contributed by atoms with Crippen molar-refractivity contribution in [2.75, 3.05) is 13.1 Å². The van der Waals surface area contributed by atoms with Crippen LogP contribution in [0.2, 0.25) is 0 Å². The van der Waals surface area contributed by atoms with Crippen LogP contribution in [-0.4, -0.2) is 49.9 Å². The third kappa shape index (κ3) is 5.68. The highest BCUT2D eigenvalue weighted by atomic mass is 19.4. The van der Waals surface area contributed by atoms with E-state index < -0.39 is 35.0 Å². The highest BCUT2D eigenvalue weighted by Crippen LogP contribution is 2.33. The minimum absolute atomic E-state index is 0.0207. The highest BCUT2D eigenvalue weighted by Gasteiger charge is 2.34. The number of benzene rings is 2. The molecule has 0 aliphatic carbocycles. The van der Waals surface area contributed by atoms with E-state index in [0.29, 0.717) is 47.3 Å². The maximum Gasteiger partial charge on any atom is 0.419 e. The number of aromatic nitrogens is 4. The Kier molecular flexibility index (Phi) is 8.05. The molecule has 1 aliphatic heterocycles. The topological polar surface area (TPSA) is 112 Å². The van der Waals surface area contributed by atoms with Crippen molar-refractivity contribution in [2.24, 2.45) is 4.99 Å². The third-order valence-electron chi connectivity index (χ3n) is 7.42. The Labute approximate surface area is 246 Å². The van der Waals surface area contributed by atoms with Gasteiger partial charge in [0.2, 0.25) is 0 Å². The van der Waals surface area contributed by atoms with E-state index in [0.717, 1.165) is 12.1 Å². The van der Waals surface area contributed by atoms with E-state index in [1.807, 2.05) is 0 Å². The van der Waals surface area contributed by atoms with E-state index in [1.54, 1.807) is 25.1 Å². The predicted molar refractivity (Wildman–Crippen MR) is 152 cm³/mol. The summed E-state index contributed by atoms with van der Waals surface area (Å²) in [6, 6.07) is 7.65. The molecule has 226 valence electrons. The second kappa shape index (κ2) is 11.8. The molecule has 1 saturated heterocycles. The molecule has 1 amide bonds. The van der Waals surface area contributed by atoms with Crippen molar-refractivity contribution in [3.05, 3.63) is 99.4 Å². The zero-order valence-electron chi connectivity index (χ0n) is 23.2. The number of aromatic amines is 1. The Balaban J connectivity index is 1.43. The van der Waals surface area contributed by atoms with Crippen LogP contribution in [0.25, 0.3) is 22.3 Å². The summed E-state index contributed by atoms with van der Waals surface area (Å²) in [4.78, 5) is 34.0. The summed E-state index contributed by atoms with van der Waals surface area (Å²) in [7, 11) is 0. The number of nitriles is 1. The van der Waals surface area contributed by atoms with Crippen molar-refractivity contribution in [1.82, 2.24) is 24.2 Å². The Morgan fingerprint density at radius 2 is 1.89 bits per heavy atom. The SMILES string of the molecule is C=N/C=C\C=C(/C)c1cc(C(=O)N2CCC(n3c(=O)[nH]c4cc(C#N)c(F)cc43)CC2)nn1-c1ccc(C(F)(F)F)c(F)c1. The van der Waals surface area contributed by atoms with Crippen LogP contribution in [0.1, 0.15) is 53.1 Å². The van der Waals surface area contributed by atoms with E-state index in [4.69, 9.17) is 5.26 Å². The van der Waals surface area contributed by atoms with Crippen molar-refractivity contribution in [2.45, 2.75) is 32.0 Å². The molecule has 1 fully saturated rings. The van der Waals surface area contributed by atoms with Crippen LogP contribution < -0.4 is 5.69 Å². The molecule has 44 heavy (non-hydrogen) atoms. The number of carbonyl (C=O) groups is 1. The van der Waals surface area contributed by atoms with Crippen LogP contribution in [0.5, 0.6) is 0 Å². The number of hydrogen-bond donors (Lipinski definition) is 1. The van der Waals surface area contributed by atoms with E-state index in [9.17, 15) is 31.5 Å². The number of halogens is 5. The molecule has 1 aliphatic rings. The molecule has 4 aromatic rings. The van der Waals surface area contributed by atoms with Crippen LogP contribution in [0.4, 0.5) is 22.0 Å². The Hall–Kier alpha value is -5.32. The fraction of sp³-hybridized carbons (Fsp3) is 0.233. The number of imidazole rings is 1. The predicted octanol–water partition coefficient (Wildman–Crippen LogP) is 5.78. The minimum Gasteiger partial charge on any atom is -0.337 e. The third-order valence-corrected chi connectivity index (χ3v) is 7.42. The molecule has 0 atom stereocenters. The van der Waals surface area contributed by atoms with Crippen LogP contribution in [0.3, 0.4) is 0 Å². The van der Waals surface area contributed by atoms with Gasteiger partial charge in [-0.05, 0) is 62.4 Å². The van der Waals surface area contributed by atoms with Gasteiger partial charge < -0.3 is 9.88 Å². The van der Waals surface area contributed by atoms with Gasteiger partial charge in [0.1, 0.15) is 17.7 Å². The number of likely N-dealkylation sites (tertiary alicyclic amines) is 1. The molecule has 0 spiro atoms. The molecular formula is C30H24F5N7O2. The van der Waals surface area contributed by atoms with E-state index in [1.165, 1.54) is 32.5 Å². The van der Waals surface area contributed by atoms with Crippen LogP contribution in [-0.2, 0) is 6.18 Å². The Morgan fingerprint density at radius 1 is 1.16 bits per heavy atom. The number of aliphatic imine (C=N–C) groups is 1. The first-order valence-electron chi connectivity index (χ1n) is 13.3. The molecule has 2 aromatic carbocycles. The lowest BCUT2D eigenvalue weighted by Crippen LogP contribution is -2.40. The summed E-state index contributed by atoms with van der Waals surface area (Å²) < 4.78 is 70.9. The lowest BCUT2D eigenvalue weighted by atomic mass is 10.0. The molecule has 5 rings (SSSR count). The van der Waals surface area contributed by atoms with E-state index >= 15 is 0 Å². The first-order chi connectivity index (χ1) is 20.9. The molecular weight excluding hydrogens is 585 g/mol. The second-order valence-corrected chi connectivity index (χ2v) is 10.1. The maximum atomic E-state index is 14.5. The molecule has 0 bridgehead atoms. The van der Waals surface area contributed by atoms with Crippen LogP contribution >= 0.6 is 0 Å². The minimum atomic E-state index is -4.88. The number of nitrogens with one attached hydrogen (secondary N) is 1. The van der Waals surface area contributed by atoms with Crippen molar-refractivity contribution < 1.29 is 26.7 Å². The fourth-order valence-electron chi connectivity index (χ4n) is 5.25. The number of alkyl halides is 3. The molecule has 14 heteroatoms. The zero-order chi connectivity index (χ0) is 31.8. The fourth-order valence-corrected chi connectivity index (χ4v) is 5.25. The van der Waals surface area contributed by atoms with Crippen molar-refractivity contribution in [3.8, 4) is 11.8 Å². The number of piperidine rings is 1. The summed E-state index contributed by atoms with van der Waals surface area (Å²) in [6.45, 7) is 5.48. The smallest absolute Gasteiger partial charge is 0.337 e. The second-order valence-electron chi connectivity index (χ2n) is 10.1. The summed E-state index contributed by atoms with van der Waals surface area (Å²) in [6.07, 6.45) is 0.440. The molecule has 0 unspecified atom stereocenters. The van der Waals surface area contributed by atoms with Gasteiger partial charge in [-0.15, -0.1) is 0 Å². The Bertz CT molecular complexity index is 1930. The number of hydrogen-bond acceptors (Lipinski definition) is 5. The number of rotatable bonds is 6. The zero-order valence-corrected chi connectivity index (χ0v) is 23.2. The van der Waals surface area contributed by atoms with Gasteiger partial charge >= 0.3 is 11.9 Å². The van der Waals surface area contributed by atoms with Crippen molar-refractivity contribution in [3.63, 3.8) is 0 Å². The molecule has 9 nitrogen and oxygen atoms in total. The van der Waals surface area contributed by atoms with Crippen molar-refractivity contribution in [1.29, 1.82) is 5.26 Å². The van der Waals surface area contributed by atoms with Crippen LogP contribution in [0.15, 0.2) is 64.5 Å².